The van der Waals surface area contributed by atoms with E-state index in [9.17, 15) is 9.90 Å². The molecule has 0 fully saturated rings. The zero-order chi connectivity index (χ0) is 11.0. The van der Waals surface area contributed by atoms with E-state index in [1.807, 2.05) is 6.92 Å². The van der Waals surface area contributed by atoms with Gasteiger partial charge in [-0.1, -0.05) is 22.9 Å². The molecule has 0 aromatic rings. The van der Waals surface area contributed by atoms with Crippen LogP contribution in [0.15, 0.2) is 0 Å². The fraction of sp³-hybridized carbons (Fsp3) is 0.889. The quantitative estimate of drug-likeness (QED) is 0.667. The van der Waals surface area contributed by atoms with Gasteiger partial charge in [-0.15, -0.1) is 0 Å². The van der Waals surface area contributed by atoms with Gasteiger partial charge in [-0.2, -0.15) is 0 Å². The van der Waals surface area contributed by atoms with Crippen molar-refractivity contribution in [2.75, 3.05) is 20.3 Å². The highest BCUT2D eigenvalue weighted by Gasteiger charge is 2.11. The fourth-order valence-electron chi connectivity index (χ4n) is 0.934. The third-order valence-electron chi connectivity index (χ3n) is 1.78. The van der Waals surface area contributed by atoms with Gasteiger partial charge >= 0.3 is 0 Å². The van der Waals surface area contributed by atoms with Gasteiger partial charge in [-0.05, 0) is 12.8 Å². The molecule has 0 radical (unpaired) electrons. The molecule has 1 amide bonds. The van der Waals surface area contributed by atoms with Crippen molar-refractivity contribution in [1.29, 1.82) is 0 Å². The van der Waals surface area contributed by atoms with E-state index in [1.165, 1.54) is 7.11 Å². The summed E-state index contributed by atoms with van der Waals surface area (Å²) in [5.74, 6) is -0.0304. The SMILES string of the molecule is CCC(Br)C(=O)NCCC(O)COC. The van der Waals surface area contributed by atoms with Gasteiger partial charge in [0, 0.05) is 13.7 Å². The summed E-state index contributed by atoms with van der Waals surface area (Å²) in [6, 6.07) is 0. The number of hydrogen-bond donors (Lipinski definition) is 2. The lowest BCUT2D eigenvalue weighted by atomic mass is 10.2. The number of ether oxygens (including phenoxy) is 1. The van der Waals surface area contributed by atoms with Gasteiger partial charge in [-0.3, -0.25) is 4.79 Å². The highest BCUT2D eigenvalue weighted by Crippen LogP contribution is 2.03. The molecule has 0 aromatic carbocycles. The summed E-state index contributed by atoms with van der Waals surface area (Å²) in [5, 5.41) is 12.0. The highest BCUT2D eigenvalue weighted by atomic mass is 79.9. The van der Waals surface area contributed by atoms with Crippen molar-refractivity contribution in [3.63, 3.8) is 0 Å². The molecule has 84 valence electrons. The first-order chi connectivity index (χ1) is 6.61. The Bertz CT molecular complexity index is 166. The van der Waals surface area contributed by atoms with E-state index in [-0.39, 0.29) is 10.7 Å². The lowest BCUT2D eigenvalue weighted by Crippen LogP contribution is -2.33. The molecule has 2 unspecified atom stereocenters. The number of aliphatic hydroxyl groups excluding tert-OH is 1. The smallest absolute Gasteiger partial charge is 0.233 e. The second-order valence-electron chi connectivity index (χ2n) is 3.06. The van der Waals surface area contributed by atoms with Crippen molar-refractivity contribution in [3.05, 3.63) is 0 Å². The number of nitrogens with one attached hydrogen (secondary N) is 1. The van der Waals surface area contributed by atoms with E-state index in [0.29, 0.717) is 19.6 Å². The number of alkyl halides is 1. The molecule has 0 aromatic heterocycles. The average molecular weight is 268 g/mol. The van der Waals surface area contributed by atoms with Crippen LogP contribution in [-0.2, 0) is 9.53 Å². The summed E-state index contributed by atoms with van der Waals surface area (Å²) >= 11 is 3.24. The van der Waals surface area contributed by atoms with Crippen LogP contribution < -0.4 is 5.32 Å². The predicted octanol–water partition coefficient (Wildman–Crippen LogP) is 0.674. The van der Waals surface area contributed by atoms with Gasteiger partial charge < -0.3 is 15.2 Å². The van der Waals surface area contributed by atoms with Crippen LogP contribution >= 0.6 is 15.9 Å². The molecule has 0 saturated heterocycles. The van der Waals surface area contributed by atoms with Crippen molar-refractivity contribution in [2.24, 2.45) is 0 Å². The Morgan fingerprint density at radius 2 is 2.29 bits per heavy atom. The Kier molecular flexibility index (Phi) is 8.12. The first-order valence-corrected chi connectivity index (χ1v) is 5.62. The third kappa shape index (κ3) is 6.34. The normalized spacial score (nSPS) is 14.9. The van der Waals surface area contributed by atoms with Crippen molar-refractivity contribution in [1.82, 2.24) is 5.32 Å². The summed E-state index contributed by atoms with van der Waals surface area (Å²) in [6.07, 6.45) is 0.769. The second kappa shape index (κ2) is 8.20. The van der Waals surface area contributed by atoms with Gasteiger partial charge in [0.2, 0.25) is 5.91 Å². The molecule has 0 aliphatic carbocycles. The van der Waals surface area contributed by atoms with E-state index >= 15 is 0 Å². The third-order valence-corrected chi connectivity index (χ3v) is 2.84. The number of amides is 1. The summed E-state index contributed by atoms with van der Waals surface area (Å²) in [7, 11) is 1.54. The molecule has 4 nitrogen and oxygen atoms in total. The predicted molar refractivity (Wildman–Crippen MR) is 58.5 cm³/mol. The highest BCUT2D eigenvalue weighted by molar-refractivity contribution is 9.10. The minimum absolute atomic E-state index is 0.0304. The van der Waals surface area contributed by atoms with Crippen LogP contribution in [0.3, 0.4) is 0 Å². The van der Waals surface area contributed by atoms with Gasteiger partial charge in [-0.25, -0.2) is 0 Å². The standard InChI is InChI=1S/C9H18BrNO3/c1-3-8(10)9(13)11-5-4-7(12)6-14-2/h7-8,12H,3-6H2,1-2H3,(H,11,13). The Labute approximate surface area is 93.1 Å². The molecule has 0 bridgehead atoms. The van der Waals surface area contributed by atoms with Crippen LogP contribution in [0, 0.1) is 0 Å². The number of carbonyl (C=O) groups excluding carboxylic acids is 1. The van der Waals surface area contributed by atoms with Gasteiger partial charge in [0.05, 0.1) is 17.5 Å². The zero-order valence-electron chi connectivity index (χ0n) is 8.62. The maximum atomic E-state index is 11.2. The molecule has 0 spiro atoms. The molecule has 5 heteroatoms. The van der Waals surface area contributed by atoms with Gasteiger partial charge in [0.15, 0.2) is 0 Å². The van der Waals surface area contributed by atoms with Crippen LogP contribution in [0.25, 0.3) is 0 Å². The maximum Gasteiger partial charge on any atom is 0.233 e. The van der Waals surface area contributed by atoms with E-state index in [1.54, 1.807) is 0 Å². The van der Waals surface area contributed by atoms with E-state index in [0.717, 1.165) is 6.42 Å². The zero-order valence-corrected chi connectivity index (χ0v) is 10.2. The molecular weight excluding hydrogens is 250 g/mol. The van der Waals surface area contributed by atoms with E-state index in [2.05, 4.69) is 21.2 Å². The first kappa shape index (κ1) is 13.9. The summed E-state index contributed by atoms with van der Waals surface area (Å²) < 4.78 is 4.76. The molecule has 0 rings (SSSR count). The molecule has 2 N–H and O–H groups in total. The number of hydrogen-bond acceptors (Lipinski definition) is 3. The molecule has 0 saturated carbocycles. The molecule has 0 aliphatic heterocycles. The van der Waals surface area contributed by atoms with Gasteiger partial charge in [0.1, 0.15) is 0 Å². The molecular formula is C9H18BrNO3. The minimum atomic E-state index is -0.504. The Hall–Kier alpha value is -0.130. The van der Waals surface area contributed by atoms with Crippen molar-refractivity contribution in [2.45, 2.75) is 30.7 Å². The second-order valence-corrected chi connectivity index (χ2v) is 4.17. The minimum Gasteiger partial charge on any atom is -0.391 e. The largest absolute Gasteiger partial charge is 0.391 e. The van der Waals surface area contributed by atoms with Crippen molar-refractivity contribution >= 4 is 21.8 Å². The van der Waals surface area contributed by atoms with Crippen LogP contribution in [0.4, 0.5) is 0 Å². The van der Waals surface area contributed by atoms with Crippen LogP contribution in [-0.4, -0.2) is 42.2 Å². The van der Waals surface area contributed by atoms with Crippen LogP contribution in [0.1, 0.15) is 19.8 Å². The topological polar surface area (TPSA) is 58.6 Å². The van der Waals surface area contributed by atoms with E-state index in [4.69, 9.17) is 4.74 Å². The van der Waals surface area contributed by atoms with Crippen molar-refractivity contribution in [3.8, 4) is 0 Å². The molecule has 0 aliphatic rings. The first-order valence-electron chi connectivity index (χ1n) is 4.70. The van der Waals surface area contributed by atoms with Crippen LogP contribution in [0.5, 0.6) is 0 Å². The number of carbonyl (C=O) groups is 1. The monoisotopic (exact) mass is 267 g/mol. The Balaban J connectivity index is 3.48. The molecule has 0 heterocycles. The lowest BCUT2D eigenvalue weighted by Gasteiger charge is -2.11. The fourth-order valence-corrected chi connectivity index (χ4v) is 1.10. The maximum absolute atomic E-state index is 11.2. The number of methoxy groups -OCH3 is 1. The average Bonchev–Trinajstić information content (AvgIpc) is 2.16. The van der Waals surface area contributed by atoms with Gasteiger partial charge in [0.25, 0.3) is 0 Å². The summed E-state index contributed by atoms with van der Waals surface area (Å²) in [4.78, 5) is 11.1. The molecule has 2 atom stereocenters. The summed E-state index contributed by atoms with van der Waals surface area (Å²) in [6.45, 7) is 2.71. The Morgan fingerprint density at radius 3 is 2.79 bits per heavy atom. The number of aliphatic hydroxyl groups is 1. The number of rotatable bonds is 7. The summed E-state index contributed by atoms with van der Waals surface area (Å²) in [5.41, 5.74) is 0. The van der Waals surface area contributed by atoms with Crippen LogP contribution in [0.2, 0.25) is 0 Å². The van der Waals surface area contributed by atoms with Crippen molar-refractivity contribution < 1.29 is 14.6 Å². The van der Waals surface area contributed by atoms with E-state index < -0.39 is 6.10 Å². The lowest BCUT2D eigenvalue weighted by molar-refractivity contribution is -0.120. The molecule has 14 heavy (non-hydrogen) atoms. The Morgan fingerprint density at radius 1 is 1.64 bits per heavy atom. The number of halogens is 1.